The van der Waals surface area contributed by atoms with Crippen molar-refractivity contribution in [3.8, 4) is 0 Å². The highest BCUT2D eigenvalue weighted by Gasteiger charge is 2.13. The predicted octanol–water partition coefficient (Wildman–Crippen LogP) is 2.59. The molecule has 98 valence electrons. The van der Waals surface area contributed by atoms with Crippen molar-refractivity contribution in [3.05, 3.63) is 41.5 Å². The van der Waals surface area contributed by atoms with Gasteiger partial charge in [-0.3, -0.25) is 0 Å². The number of pyridine rings is 1. The van der Waals surface area contributed by atoms with E-state index in [1.54, 1.807) is 12.3 Å². The number of carbonyl (C=O) groups is 1. The van der Waals surface area contributed by atoms with Gasteiger partial charge >= 0.3 is 5.97 Å². The lowest BCUT2D eigenvalue weighted by Crippen LogP contribution is -2.01. The molecule has 0 atom stereocenters. The Labute approximate surface area is 115 Å². The van der Waals surface area contributed by atoms with E-state index in [1.807, 2.05) is 19.9 Å². The normalized spacial score (nSPS) is 10.4. The van der Waals surface area contributed by atoms with Crippen molar-refractivity contribution < 1.29 is 9.90 Å². The highest BCUT2D eigenvalue weighted by atomic mass is 32.2. The number of rotatable bonds is 4. The quantitative estimate of drug-likeness (QED) is 0.864. The topological polar surface area (TPSA) is 76.0 Å². The average Bonchev–Trinajstić information content (AvgIpc) is 2.38. The molecular formula is C13H13N3O2S. The molecule has 0 bridgehead atoms. The zero-order valence-corrected chi connectivity index (χ0v) is 11.4. The number of aromatic carboxylic acids is 1. The van der Waals surface area contributed by atoms with E-state index >= 15 is 0 Å². The third-order valence-corrected chi connectivity index (χ3v) is 3.33. The highest BCUT2D eigenvalue weighted by Crippen LogP contribution is 2.27. The Balaban J connectivity index is 2.36. The van der Waals surface area contributed by atoms with Crippen molar-refractivity contribution in [1.29, 1.82) is 0 Å². The molecule has 0 fully saturated rings. The summed E-state index contributed by atoms with van der Waals surface area (Å²) in [5.74, 6) is -0.243. The minimum absolute atomic E-state index is 0.182. The minimum Gasteiger partial charge on any atom is -0.478 e. The first-order chi connectivity index (χ1) is 9.10. The molecule has 0 aromatic carbocycles. The molecule has 1 N–H and O–H groups in total. The molecule has 0 saturated heterocycles. The van der Waals surface area contributed by atoms with Gasteiger partial charge in [0.2, 0.25) is 0 Å². The van der Waals surface area contributed by atoms with Gasteiger partial charge in [0, 0.05) is 18.3 Å². The molecule has 19 heavy (non-hydrogen) atoms. The maximum absolute atomic E-state index is 11.1. The molecule has 0 unspecified atom stereocenters. The molecule has 0 amide bonds. The van der Waals surface area contributed by atoms with E-state index in [0.29, 0.717) is 10.1 Å². The number of aryl methyl sites for hydroxylation is 2. The van der Waals surface area contributed by atoms with Gasteiger partial charge < -0.3 is 5.11 Å². The van der Waals surface area contributed by atoms with Gasteiger partial charge in [0.1, 0.15) is 15.9 Å². The van der Waals surface area contributed by atoms with Crippen LogP contribution in [0, 0.1) is 6.92 Å². The lowest BCUT2D eigenvalue weighted by Gasteiger charge is -2.06. The van der Waals surface area contributed by atoms with Crippen LogP contribution >= 0.6 is 11.8 Å². The van der Waals surface area contributed by atoms with E-state index in [0.717, 1.165) is 17.9 Å². The SMILES string of the molecule is CCc1nc(C)cc(Sc2ncccc2C(=O)O)n1. The van der Waals surface area contributed by atoms with Gasteiger partial charge in [-0.05, 0) is 36.9 Å². The summed E-state index contributed by atoms with van der Waals surface area (Å²) in [5.41, 5.74) is 1.05. The van der Waals surface area contributed by atoms with Crippen LogP contribution in [0.4, 0.5) is 0 Å². The lowest BCUT2D eigenvalue weighted by molar-refractivity contribution is 0.0692. The second-order valence-electron chi connectivity index (χ2n) is 3.88. The monoisotopic (exact) mass is 275 g/mol. The van der Waals surface area contributed by atoms with E-state index in [9.17, 15) is 4.79 Å². The third-order valence-electron chi connectivity index (χ3n) is 2.40. The maximum atomic E-state index is 11.1. The molecule has 2 heterocycles. The van der Waals surface area contributed by atoms with Gasteiger partial charge in [-0.15, -0.1) is 0 Å². The minimum atomic E-state index is -0.989. The largest absolute Gasteiger partial charge is 0.478 e. The molecular weight excluding hydrogens is 262 g/mol. The van der Waals surface area contributed by atoms with Crippen LogP contribution in [-0.2, 0) is 6.42 Å². The van der Waals surface area contributed by atoms with Gasteiger partial charge in [0.05, 0.1) is 5.56 Å². The fourth-order valence-corrected chi connectivity index (χ4v) is 2.50. The van der Waals surface area contributed by atoms with Gasteiger partial charge in [-0.1, -0.05) is 6.92 Å². The fourth-order valence-electron chi connectivity index (χ4n) is 1.54. The van der Waals surface area contributed by atoms with Gasteiger partial charge in [0.15, 0.2) is 0 Å². The number of aromatic nitrogens is 3. The maximum Gasteiger partial charge on any atom is 0.338 e. The summed E-state index contributed by atoms with van der Waals surface area (Å²) in [4.78, 5) is 23.9. The van der Waals surface area contributed by atoms with Crippen LogP contribution in [-0.4, -0.2) is 26.0 Å². The number of carboxylic acids is 1. The van der Waals surface area contributed by atoms with Crippen molar-refractivity contribution in [2.24, 2.45) is 0 Å². The molecule has 0 aliphatic heterocycles. The molecule has 2 rings (SSSR count). The molecule has 0 saturated carbocycles. The fraction of sp³-hybridized carbons (Fsp3) is 0.231. The third kappa shape index (κ3) is 3.29. The Bertz CT molecular complexity index is 617. The van der Waals surface area contributed by atoms with Crippen molar-refractivity contribution in [1.82, 2.24) is 15.0 Å². The lowest BCUT2D eigenvalue weighted by atomic mass is 10.3. The van der Waals surface area contributed by atoms with E-state index in [1.165, 1.54) is 17.8 Å². The first-order valence-corrected chi connectivity index (χ1v) is 6.62. The molecule has 5 nitrogen and oxygen atoms in total. The van der Waals surface area contributed by atoms with E-state index in [-0.39, 0.29) is 5.56 Å². The summed E-state index contributed by atoms with van der Waals surface area (Å²) in [7, 11) is 0. The van der Waals surface area contributed by atoms with Gasteiger partial charge in [0.25, 0.3) is 0 Å². The number of nitrogens with zero attached hydrogens (tertiary/aromatic N) is 3. The zero-order chi connectivity index (χ0) is 13.8. The second-order valence-corrected chi connectivity index (χ2v) is 4.89. The summed E-state index contributed by atoms with van der Waals surface area (Å²) >= 11 is 1.24. The molecule has 0 radical (unpaired) electrons. The standard InChI is InChI=1S/C13H13N3O2S/c1-3-10-15-8(2)7-11(16-10)19-12-9(13(17)18)5-4-6-14-12/h4-7H,3H2,1-2H3,(H,17,18). The van der Waals surface area contributed by atoms with Crippen LogP contribution in [0.3, 0.4) is 0 Å². The second kappa shape index (κ2) is 5.79. The van der Waals surface area contributed by atoms with Crippen molar-refractivity contribution in [3.63, 3.8) is 0 Å². The molecule has 0 aliphatic carbocycles. The predicted molar refractivity (Wildman–Crippen MR) is 71.5 cm³/mol. The van der Waals surface area contributed by atoms with Crippen LogP contribution in [0.2, 0.25) is 0 Å². The summed E-state index contributed by atoms with van der Waals surface area (Å²) < 4.78 is 0. The van der Waals surface area contributed by atoms with Gasteiger partial charge in [-0.25, -0.2) is 19.7 Å². The van der Waals surface area contributed by atoms with Crippen LogP contribution < -0.4 is 0 Å². The summed E-state index contributed by atoms with van der Waals surface area (Å²) in [6.07, 6.45) is 2.31. The van der Waals surface area contributed by atoms with Gasteiger partial charge in [-0.2, -0.15) is 0 Å². The average molecular weight is 275 g/mol. The number of hydrogen-bond acceptors (Lipinski definition) is 5. The summed E-state index contributed by atoms with van der Waals surface area (Å²) in [5, 5.41) is 10.3. The molecule has 0 spiro atoms. The Morgan fingerprint density at radius 2 is 2.21 bits per heavy atom. The van der Waals surface area contributed by atoms with Crippen LogP contribution in [0.5, 0.6) is 0 Å². The molecule has 0 aliphatic rings. The Morgan fingerprint density at radius 3 is 2.89 bits per heavy atom. The number of hydrogen-bond donors (Lipinski definition) is 1. The molecule has 6 heteroatoms. The molecule has 2 aromatic heterocycles. The van der Waals surface area contributed by atoms with Crippen LogP contribution in [0.25, 0.3) is 0 Å². The zero-order valence-electron chi connectivity index (χ0n) is 10.6. The Hall–Kier alpha value is -1.95. The van der Waals surface area contributed by atoms with E-state index < -0.39 is 5.97 Å². The van der Waals surface area contributed by atoms with Crippen LogP contribution in [0.15, 0.2) is 34.4 Å². The van der Waals surface area contributed by atoms with Crippen molar-refractivity contribution in [2.75, 3.05) is 0 Å². The first-order valence-electron chi connectivity index (χ1n) is 5.81. The summed E-state index contributed by atoms with van der Waals surface area (Å²) in [6.45, 7) is 3.87. The Morgan fingerprint density at radius 1 is 1.42 bits per heavy atom. The van der Waals surface area contributed by atoms with Crippen molar-refractivity contribution in [2.45, 2.75) is 30.3 Å². The van der Waals surface area contributed by atoms with Crippen LogP contribution in [0.1, 0.15) is 28.8 Å². The first kappa shape index (κ1) is 13.5. The smallest absolute Gasteiger partial charge is 0.338 e. The number of carboxylic acid groups (broad SMARTS) is 1. The van der Waals surface area contributed by atoms with E-state index in [2.05, 4.69) is 15.0 Å². The van der Waals surface area contributed by atoms with E-state index in [4.69, 9.17) is 5.11 Å². The highest BCUT2D eigenvalue weighted by molar-refractivity contribution is 7.99. The molecule has 2 aromatic rings. The van der Waals surface area contributed by atoms with Crippen molar-refractivity contribution >= 4 is 17.7 Å². The Kier molecular flexibility index (Phi) is 4.11. The summed E-state index contributed by atoms with van der Waals surface area (Å²) in [6, 6.07) is 4.97.